The topological polar surface area (TPSA) is 65.0 Å². The maximum Gasteiger partial charge on any atom is 0.333 e. The smallest absolute Gasteiger partial charge is 0.333 e. The van der Waals surface area contributed by atoms with Crippen molar-refractivity contribution < 1.29 is 19.1 Å². The third-order valence-electron chi connectivity index (χ3n) is 1.19. The molecule has 1 atom stereocenters. The van der Waals surface area contributed by atoms with Crippen LogP contribution in [0, 0.1) is 0 Å². The molecule has 0 aromatic carbocycles. The number of carbonyl (C=O) groups is 1. The van der Waals surface area contributed by atoms with Crippen molar-refractivity contribution in [2.75, 3.05) is 13.9 Å². The summed E-state index contributed by atoms with van der Waals surface area (Å²) < 4.78 is 9.06. The van der Waals surface area contributed by atoms with Crippen molar-refractivity contribution in [3.05, 3.63) is 0 Å². The van der Waals surface area contributed by atoms with Gasteiger partial charge in [-0.05, 0) is 6.42 Å². The van der Waals surface area contributed by atoms with Crippen molar-refractivity contribution in [1.29, 1.82) is 0 Å². The van der Waals surface area contributed by atoms with Gasteiger partial charge in [0.2, 0.25) is 6.08 Å². The number of carbonyl (C=O) groups excluding carboxylic acids is 2. The van der Waals surface area contributed by atoms with Crippen LogP contribution in [-0.4, -0.2) is 32.0 Å². The summed E-state index contributed by atoms with van der Waals surface area (Å²) >= 11 is 0. The summed E-state index contributed by atoms with van der Waals surface area (Å²) in [4.78, 5) is 24.0. The van der Waals surface area contributed by atoms with Gasteiger partial charge in [0.05, 0.1) is 0 Å². The third-order valence-corrected chi connectivity index (χ3v) is 1.19. The van der Waals surface area contributed by atoms with E-state index in [1.54, 1.807) is 6.92 Å². The largest absolute Gasteiger partial charge is 0.437 e. The van der Waals surface area contributed by atoms with E-state index < -0.39 is 12.0 Å². The lowest BCUT2D eigenvalue weighted by Crippen LogP contribution is -2.21. The molecule has 0 aromatic rings. The Labute approximate surface area is 70.4 Å². The van der Waals surface area contributed by atoms with E-state index in [0.717, 1.165) is 0 Å². The lowest BCUT2D eigenvalue weighted by molar-refractivity contribution is -0.155. The molecule has 12 heavy (non-hydrogen) atoms. The van der Waals surface area contributed by atoms with Crippen LogP contribution in [0.25, 0.3) is 0 Å². The molecule has 5 nitrogen and oxygen atoms in total. The van der Waals surface area contributed by atoms with Crippen molar-refractivity contribution in [3.63, 3.8) is 0 Å². The van der Waals surface area contributed by atoms with Crippen LogP contribution in [0.4, 0.5) is 0 Å². The highest BCUT2D eigenvalue weighted by Crippen LogP contribution is 1.98. The average Bonchev–Trinajstić information content (AvgIpc) is 2.10. The van der Waals surface area contributed by atoms with Gasteiger partial charge >= 0.3 is 5.97 Å². The predicted octanol–water partition coefficient (Wildman–Crippen LogP) is 0.248. The van der Waals surface area contributed by atoms with Gasteiger partial charge in [-0.3, -0.25) is 0 Å². The quantitative estimate of drug-likeness (QED) is 0.258. The van der Waals surface area contributed by atoms with Crippen molar-refractivity contribution in [2.45, 2.75) is 19.4 Å². The Bertz CT molecular complexity index is 186. The van der Waals surface area contributed by atoms with Crippen LogP contribution in [-0.2, 0) is 19.1 Å². The van der Waals surface area contributed by atoms with Crippen LogP contribution in [0.3, 0.4) is 0 Å². The molecule has 0 rings (SSSR count). The summed E-state index contributed by atoms with van der Waals surface area (Å²) in [6.45, 7) is 1.60. The minimum Gasteiger partial charge on any atom is -0.437 e. The molecule has 0 saturated heterocycles. The Balaban J connectivity index is 3.94. The molecule has 0 aromatic heterocycles. The van der Waals surface area contributed by atoms with Crippen LogP contribution in [0.2, 0.25) is 0 Å². The summed E-state index contributed by atoms with van der Waals surface area (Å²) in [5.41, 5.74) is 0. The standard InChI is InChI=1S/C7H11NO4/c1-3-6(8-4-9)7(10)12-5-11-2/h6H,3,5H2,1-2H3. The maximum atomic E-state index is 10.9. The molecule has 0 aliphatic rings. The lowest BCUT2D eigenvalue weighted by atomic mass is 10.2. The molecule has 0 spiro atoms. The first-order chi connectivity index (χ1) is 5.76. The number of hydrogen-bond donors (Lipinski definition) is 0. The predicted molar refractivity (Wildman–Crippen MR) is 40.2 cm³/mol. The number of nitrogens with zero attached hydrogens (tertiary/aromatic N) is 1. The molecule has 0 bridgehead atoms. The molecule has 0 aliphatic heterocycles. The van der Waals surface area contributed by atoms with Gasteiger partial charge in [-0.15, -0.1) is 0 Å². The molecule has 1 unspecified atom stereocenters. The first-order valence-corrected chi connectivity index (χ1v) is 3.48. The van der Waals surface area contributed by atoms with E-state index in [-0.39, 0.29) is 6.79 Å². The first-order valence-electron chi connectivity index (χ1n) is 3.48. The molecule has 0 amide bonds. The molecular weight excluding hydrogens is 162 g/mol. The normalized spacial score (nSPS) is 11.5. The highest BCUT2D eigenvalue weighted by atomic mass is 16.7. The summed E-state index contributed by atoms with van der Waals surface area (Å²) in [5.74, 6) is -0.567. The molecule has 5 heteroatoms. The second-order valence-corrected chi connectivity index (χ2v) is 2.01. The first kappa shape index (κ1) is 10.8. The van der Waals surface area contributed by atoms with Crippen molar-refractivity contribution in [2.24, 2.45) is 4.99 Å². The van der Waals surface area contributed by atoms with Crippen molar-refractivity contribution in [3.8, 4) is 0 Å². The number of rotatable bonds is 5. The Hall–Kier alpha value is -1.19. The monoisotopic (exact) mass is 173 g/mol. The molecular formula is C7H11NO4. The average molecular weight is 173 g/mol. The highest BCUT2D eigenvalue weighted by Gasteiger charge is 2.16. The Morgan fingerprint density at radius 1 is 1.67 bits per heavy atom. The zero-order valence-corrected chi connectivity index (χ0v) is 7.07. The van der Waals surface area contributed by atoms with Gasteiger partial charge in [-0.1, -0.05) is 6.92 Å². The fourth-order valence-corrected chi connectivity index (χ4v) is 0.587. The van der Waals surface area contributed by atoms with E-state index in [1.165, 1.54) is 13.2 Å². The minimum atomic E-state index is -0.752. The van der Waals surface area contributed by atoms with Gasteiger partial charge in [0.25, 0.3) is 0 Å². The van der Waals surface area contributed by atoms with Gasteiger partial charge in [-0.25, -0.2) is 9.59 Å². The second-order valence-electron chi connectivity index (χ2n) is 2.01. The van der Waals surface area contributed by atoms with Crippen molar-refractivity contribution >= 4 is 12.0 Å². The molecule has 0 N–H and O–H groups in total. The van der Waals surface area contributed by atoms with Crippen LogP contribution in [0.15, 0.2) is 4.99 Å². The molecule has 0 fully saturated rings. The Morgan fingerprint density at radius 2 is 2.33 bits per heavy atom. The van der Waals surface area contributed by atoms with E-state index in [9.17, 15) is 9.59 Å². The maximum absolute atomic E-state index is 10.9. The summed E-state index contributed by atoms with van der Waals surface area (Å²) in [7, 11) is 1.40. The zero-order chi connectivity index (χ0) is 9.40. The number of aliphatic imine (C=N–C) groups is 1. The molecule has 0 radical (unpaired) electrons. The number of hydrogen-bond acceptors (Lipinski definition) is 5. The molecule has 68 valence electrons. The van der Waals surface area contributed by atoms with Gasteiger partial charge in [0, 0.05) is 7.11 Å². The third kappa shape index (κ3) is 3.85. The second kappa shape index (κ2) is 6.52. The van der Waals surface area contributed by atoms with Gasteiger partial charge in [0.15, 0.2) is 12.8 Å². The molecule has 0 aliphatic carbocycles. The minimum absolute atomic E-state index is 0.121. The van der Waals surface area contributed by atoms with E-state index in [4.69, 9.17) is 0 Å². The number of isocyanates is 1. The molecule has 0 heterocycles. The summed E-state index contributed by atoms with van der Waals surface area (Å²) in [6, 6.07) is -0.752. The SMILES string of the molecule is CCC(N=C=O)C(=O)OCOC. The van der Waals surface area contributed by atoms with Gasteiger partial charge in [0.1, 0.15) is 0 Å². The summed E-state index contributed by atoms with van der Waals surface area (Å²) in [6.07, 6.45) is 1.72. The fourth-order valence-electron chi connectivity index (χ4n) is 0.587. The van der Waals surface area contributed by atoms with Crippen LogP contribution in [0.5, 0.6) is 0 Å². The van der Waals surface area contributed by atoms with E-state index in [1.807, 2.05) is 0 Å². The van der Waals surface area contributed by atoms with Gasteiger partial charge in [-0.2, -0.15) is 4.99 Å². The fraction of sp³-hybridized carbons (Fsp3) is 0.714. The van der Waals surface area contributed by atoms with Crippen LogP contribution < -0.4 is 0 Å². The highest BCUT2D eigenvalue weighted by molar-refractivity contribution is 5.76. The van der Waals surface area contributed by atoms with E-state index >= 15 is 0 Å². The number of methoxy groups -OCH3 is 1. The van der Waals surface area contributed by atoms with Crippen LogP contribution >= 0.6 is 0 Å². The van der Waals surface area contributed by atoms with Crippen molar-refractivity contribution in [1.82, 2.24) is 0 Å². The van der Waals surface area contributed by atoms with E-state index in [2.05, 4.69) is 14.5 Å². The van der Waals surface area contributed by atoms with E-state index in [0.29, 0.717) is 6.42 Å². The zero-order valence-electron chi connectivity index (χ0n) is 7.07. The Morgan fingerprint density at radius 3 is 2.75 bits per heavy atom. The number of ether oxygens (including phenoxy) is 2. The molecule has 0 saturated carbocycles. The van der Waals surface area contributed by atoms with Gasteiger partial charge < -0.3 is 9.47 Å². The number of esters is 1. The summed E-state index contributed by atoms with van der Waals surface area (Å²) in [5, 5.41) is 0. The lowest BCUT2D eigenvalue weighted by Gasteiger charge is -2.06. The Kier molecular flexibility index (Phi) is 5.87. The van der Waals surface area contributed by atoms with Crippen LogP contribution in [0.1, 0.15) is 13.3 Å².